The molecule has 1 saturated heterocycles. The van der Waals surface area contributed by atoms with E-state index in [0.717, 1.165) is 57.8 Å². The molecule has 8 heteroatoms. The number of rotatable bonds is 12. The summed E-state index contributed by atoms with van der Waals surface area (Å²) in [6.45, 7) is 6.43. The highest BCUT2D eigenvalue weighted by atomic mass is 16.5. The molecule has 148 valence electrons. The largest absolute Gasteiger partial charge is 0.463 e. The molecule has 1 N–H and O–H groups in total. The lowest BCUT2D eigenvalue weighted by Gasteiger charge is -2.25. The van der Waals surface area contributed by atoms with Crippen LogP contribution >= 0.6 is 0 Å². The normalized spacial score (nSPS) is 16.5. The topological polar surface area (TPSA) is 89.7 Å². The fourth-order valence-corrected chi connectivity index (χ4v) is 2.89. The van der Waals surface area contributed by atoms with Gasteiger partial charge in [-0.3, -0.25) is 9.69 Å². The Balaban J connectivity index is 1.60. The molecule has 1 unspecified atom stereocenters. The monoisotopic (exact) mass is 368 g/mol. The van der Waals surface area contributed by atoms with Gasteiger partial charge in [0.2, 0.25) is 0 Å². The highest BCUT2D eigenvalue weighted by Crippen LogP contribution is 2.07. The Bertz CT molecular complexity index is 517. The molecule has 1 fully saturated rings. The zero-order valence-electron chi connectivity index (χ0n) is 15.8. The molecular weight excluding hydrogens is 336 g/mol. The molecular formula is C18H32N4O4. The maximum absolute atomic E-state index is 11.7. The molecule has 0 radical (unpaired) electrons. The Morgan fingerprint density at radius 3 is 2.85 bits per heavy atom. The minimum Gasteiger partial charge on any atom is -0.463 e. The average Bonchev–Trinajstić information content (AvgIpc) is 3.07. The summed E-state index contributed by atoms with van der Waals surface area (Å²) in [5, 5.41) is 18.2. The first-order valence-corrected chi connectivity index (χ1v) is 9.70. The second-order valence-electron chi connectivity index (χ2n) is 6.82. The van der Waals surface area contributed by atoms with Crippen molar-refractivity contribution < 1.29 is 19.4 Å². The quantitative estimate of drug-likeness (QED) is 0.440. The summed E-state index contributed by atoms with van der Waals surface area (Å²) >= 11 is 0. The molecule has 0 saturated carbocycles. The van der Waals surface area contributed by atoms with E-state index < -0.39 is 6.10 Å². The van der Waals surface area contributed by atoms with E-state index in [4.69, 9.17) is 9.47 Å². The van der Waals surface area contributed by atoms with Gasteiger partial charge in [0.25, 0.3) is 0 Å². The van der Waals surface area contributed by atoms with E-state index in [1.807, 2.05) is 6.20 Å². The summed E-state index contributed by atoms with van der Waals surface area (Å²) < 4.78 is 12.1. The van der Waals surface area contributed by atoms with Gasteiger partial charge in [0.15, 0.2) is 0 Å². The van der Waals surface area contributed by atoms with E-state index >= 15 is 0 Å². The number of morpholine rings is 1. The predicted molar refractivity (Wildman–Crippen MR) is 96.5 cm³/mol. The highest BCUT2D eigenvalue weighted by Gasteiger charge is 2.14. The van der Waals surface area contributed by atoms with Crippen molar-refractivity contribution in [2.45, 2.75) is 64.6 Å². The van der Waals surface area contributed by atoms with Crippen LogP contribution in [0.3, 0.4) is 0 Å². The Kier molecular flexibility index (Phi) is 9.58. The number of ether oxygens (including phenoxy) is 2. The number of aliphatic hydroxyl groups is 1. The average molecular weight is 368 g/mol. The van der Waals surface area contributed by atoms with Crippen molar-refractivity contribution in [2.75, 3.05) is 32.9 Å². The van der Waals surface area contributed by atoms with E-state index in [2.05, 4.69) is 22.1 Å². The van der Waals surface area contributed by atoms with Gasteiger partial charge in [0, 0.05) is 32.3 Å². The molecule has 2 heterocycles. The summed E-state index contributed by atoms with van der Waals surface area (Å²) in [5.41, 5.74) is 0.864. The number of carbonyl (C=O) groups excluding carboxylic acids is 1. The van der Waals surface area contributed by atoms with Crippen LogP contribution in [0.4, 0.5) is 0 Å². The van der Waals surface area contributed by atoms with E-state index in [1.165, 1.54) is 12.8 Å². The van der Waals surface area contributed by atoms with Crippen LogP contribution in [-0.4, -0.2) is 70.0 Å². The molecule has 1 aliphatic heterocycles. The number of nitrogens with zero attached hydrogens (tertiary/aromatic N) is 4. The van der Waals surface area contributed by atoms with Gasteiger partial charge in [-0.2, -0.15) is 0 Å². The molecule has 2 rings (SSSR count). The van der Waals surface area contributed by atoms with Crippen LogP contribution in [0.15, 0.2) is 6.20 Å². The molecule has 0 spiro atoms. The standard InChI is InChI=1S/C18H32N4O4/c1-2-3-4-5-6-7-18(24)26-15-17(23)14-22-13-16(19-20-22)12-21-8-10-25-11-9-21/h13,17,23H,2-12,14-15H2,1H3. The second kappa shape index (κ2) is 12.0. The van der Waals surface area contributed by atoms with Gasteiger partial charge in [0.1, 0.15) is 12.7 Å². The lowest BCUT2D eigenvalue weighted by Crippen LogP contribution is -2.35. The number of hydrogen-bond donors (Lipinski definition) is 1. The molecule has 0 amide bonds. The zero-order chi connectivity index (χ0) is 18.6. The van der Waals surface area contributed by atoms with Gasteiger partial charge < -0.3 is 14.6 Å². The Hall–Kier alpha value is -1.51. The molecule has 0 aromatic carbocycles. The van der Waals surface area contributed by atoms with Crippen LogP contribution < -0.4 is 0 Å². The molecule has 26 heavy (non-hydrogen) atoms. The summed E-state index contributed by atoms with van der Waals surface area (Å²) in [4.78, 5) is 13.9. The SMILES string of the molecule is CCCCCCCC(=O)OCC(O)Cn1cc(CN2CCOCC2)nn1. The molecule has 1 aromatic rings. The van der Waals surface area contributed by atoms with Gasteiger partial charge in [-0.05, 0) is 6.42 Å². The Labute approximate surface area is 155 Å². The smallest absolute Gasteiger partial charge is 0.305 e. The van der Waals surface area contributed by atoms with Crippen LogP contribution in [-0.2, 0) is 27.4 Å². The van der Waals surface area contributed by atoms with E-state index in [1.54, 1.807) is 4.68 Å². The van der Waals surface area contributed by atoms with Crippen LogP contribution in [0, 0.1) is 0 Å². The van der Waals surface area contributed by atoms with Crippen molar-refractivity contribution in [2.24, 2.45) is 0 Å². The third kappa shape index (κ3) is 8.25. The third-order valence-electron chi connectivity index (χ3n) is 4.39. The minimum atomic E-state index is -0.781. The van der Waals surface area contributed by atoms with E-state index in [-0.39, 0.29) is 19.1 Å². The van der Waals surface area contributed by atoms with Crippen molar-refractivity contribution in [3.05, 3.63) is 11.9 Å². The molecule has 0 aliphatic carbocycles. The number of unbranched alkanes of at least 4 members (excludes halogenated alkanes) is 4. The van der Waals surface area contributed by atoms with Crippen molar-refractivity contribution in [1.82, 2.24) is 19.9 Å². The summed E-state index contributed by atoms with van der Waals surface area (Å²) in [7, 11) is 0. The first-order valence-electron chi connectivity index (χ1n) is 9.70. The molecule has 8 nitrogen and oxygen atoms in total. The lowest BCUT2D eigenvalue weighted by molar-refractivity contribution is -0.147. The van der Waals surface area contributed by atoms with Gasteiger partial charge in [-0.25, -0.2) is 4.68 Å². The van der Waals surface area contributed by atoms with E-state index in [9.17, 15) is 9.90 Å². The van der Waals surface area contributed by atoms with E-state index in [0.29, 0.717) is 6.42 Å². The van der Waals surface area contributed by atoms with Crippen molar-refractivity contribution in [3.63, 3.8) is 0 Å². The maximum Gasteiger partial charge on any atom is 0.305 e. The van der Waals surface area contributed by atoms with Crippen LogP contribution in [0.25, 0.3) is 0 Å². The molecule has 1 aliphatic rings. The van der Waals surface area contributed by atoms with Gasteiger partial charge in [-0.1, -0.05) is 37.8 Å². The van der Waals surface area contributed by atoms with Crippen LogP contribution in [0.1, 0.15) is 51.1 Å². The third-order valence-corrected chi connectivity index (χ3v) is 4.39. The number of carbonyl (C=O) groups is 1. The fourth-order valence-electron chi connectivity index (χ4n) is 2.89. The zero-order valence-corrected chi connectivity index (χ0v) is 15.8. The maximum atomic E-state index is 11.7. The fraction of sp³-hybridized carbons (Fsp3) is 0.833. The number of aromatic nitrogens is 3. The lowest BCUT2D eigenvalue weighted by atomic mass is 10.1. The van der Waals surface area contributed by atoms with Crippen molar-refractivity contribution in [1.29, 1.82) is 0 Å². The first kappa shape index (κ1) is 20.8. The Morgan fingerprint density at radius 1 is 1.31 bits per heavy atom. The summed E-state index contributed by atoms with van der Waals surface area (Å²) in [5.74, 6) is -0.243. The number of esters is 1. The van der Waals surface area contributed by atoms with Crippen LogP contribution in [0.2, 0.25) is 0 Å². The molecule has 1 atom stereocenters. The highest BCUT2D eigenvalue weighted by molar-refractivity contribution is 5.69. The first-order chi connectivity index (χ1) is 12.7. The predicted octanol–water partition coefficient (Wildman–Crippen LogP) is 1.37. The summed E-state index contributed by atoms with van der Waals surface area (Å²) in [6.07, 6.45) is 6.92. The van der Waals surface area contributed by atoms with Crippen molar-refractivity contribution in [3.8, 4) is 0 Å². The van der Waals surface area contributed by atoms with Gasteiger partial charge >= 0.3 is 5.97 Å². The molecule has 0 bridgehead atoms. The molecule has 1 aromatic heterocycles. The number of hydrogen-bond acceptors (Lipinski definition) is 7. The number of aliphatic hydroxyl groups excluding tert-OH is 1. The minimum absolute atomic E-state index is 0.00749. The van der Waals surface area contributed by atoms with Gasteiger partial charge in [0.05, 0.1) is 25.5 Å². The second-order valence-corrected chi connectivity index (χ2v) is 6.82. The van der Waals surface area contributed by atoms with Crippen LogP contribution in [0.5, 0.6) is 0 Å². The van der Waals surface area contributed by atoms with Crippen molar-refractivity contribution >= 4 is 5.97 Å². The van der Waals surface area contributed by atoms with Gasteiger partial charge in [-0.15, -0.1) is 5.10 Å². The Morgan fingerprint density at radius 2 is 2.08 bits per heavy atom. The summed E-state index contributed by atoms with van der Waals surface area (Å²) in [6, 6.07) is 0.